The molecule has 2 saturated heterocycles. The molecule has 4 heterocycles. The van der Waals surface area contributed by atoms with Crippen LogP contribution in [0.4, 0.5) is 20.6 Å². The number of rotatable bonds is 5. The predicted molar refractivity (Wildman–Crippen MR) is 121 cm³/mol. The van der Waals surface area contributed by atoms with E-state index in [1.165, 1.54) is 11.0 Å². The standard InChI is InChI=1S/C23H24FN7O3/c1-16-13-30(27-26-16)14-19-15-31(23(33)34-19)18-4-5-21(20(24)11-18)28-7-9-29(10-8-28)22(32)17-3-2-6-25-12-17/h2-6,11-13,19H,7-10,14-15H2,1H3/t19-/m0/s1. The Labute approximate surface area is 195 Å². The van der Waals surface area contributed by atoms with Crippen LogP contribution in [0, 0.1) is 12.7 Å². The molecular formula is C23H24FN7O3. The highest BCUT2D eigenvalue weighted by atomic mass is 19.1. The van der Waals surface area contributed by atoms with Crippen molar-refractivity contribution in [1.82, 2.24) is 24.9 Å². The van der Waals surface area contributed by atoms with Crippen molar-refractivity contribution in [3.8, 4) is 0 Å². The first kappa shape index (κ1) is 21.8. The molecule has 176 valence electrons. The largest absolute Gasteiger partial charge is 0.442 e. The van der Waals surface area contributed by atoms with Crippen molar-refractivity contribution in [3.05, 3.63) is 66.0 Å². The summed E-state index contributed by atoms with van der Waals surface area (Å²) in [5.41, 5.74) is 2.20. The van der Waals surface area contributed by atoms with Crippen LogP contribution in [-0.4, -0.2) is 75.7 Å². The highest BCUT2D eigenvalue weighted by Crippen LogP contribution is 2.29. The Morgan fingerprint density at radius 3 is 2.71 bits per heavy atom. The van der Waals surface area contributed by atoms with E-state index in [2.05, 4.69) is 15.3 Å². The van der Waals surface area contributed by atoms with Crippen molar-refractivity contribution in [2.45, 2.75) is 19.6 Å². The summed E-state index contributed by atoms with van der Waals surface area (Å²) in [7, 11) is 0. The number of hydrogen-bond donors (Lipinski definition) is 0. The monoisotopic (exact) mass is 465 g/mol. The summed E-state index contributed by atoms with van der Waals surface area (Å²) in [6.45, 7) is 4.49. The number of amides is 2. The molecule has 0 unspecified atom stereocenters. The first-order valence-corrected chi connectivity index (χ1v) is 11.1. The van der Waals surface area contributed by atoms with Crippen molar-refractivity contribution in [2.75, 3.05) is 42.5 Å². The van der Waals surface area contributed by atoms with Crippen LogP contribution in [0.15, 0.2) is 48.9 Å². The molecule has 2 fully saturated rings. The number of aryl methyl sites for hydroxylation is 1. The minimum absolute atomic E-state index is 0.0771. The van der Waals surface area contributed by atoms with Crippen molar-refractivity contribution in [1.29, 1.82) is 0 Å². The van der Waals surface area contributed by atoms with Gasteiger partial charge >= 0.3 is 6.09 Å². The van der Waals surface area contributed by atoms with Gasteiger partial charge in [-0.3, -0.25) is 14.7 Å². The van der Waals surface area contributed by atoms with Crippen molar-refractivity contribution >= 4 is 23.4 Å². The van der Waals surface area contributed by atoms with Gasteiger partial charge in [0, 0.05) is 44.8 Å². The number of anilines is 2. The van der Waals surface area contributed by atoms with Gasteiger partial charge < -0.3 is 14.5 Å². The van der Waals surface area contributed by atoms with E-state index in [0.29, 0.717) is 56.2 Å². The number of nitrogens with zero attached hydrogens (tertiary/aromatic N) is 7. The molecule has 2 aromatic heterocycles. The van der Waals surface area contributed by atoms with Gasteiger partial charge in [-0.1, -0.05) is 5.21 Å². The minimum atomic E-state index is -0.517. The number of aromatic nitrogens is 4. The van der Waals surface area contributed by atoms with Crippen molar-refractivity contribution < 1.29 is 18.7 Å². The van der Waals surface area contributed by atoms with Crippen LogP contribution in [0.3, 0.4) is 0 Å². The number of halogens is 1. The Bertz CT molecular complexity index is 1190. The first-order chi connectivity index (χ1) is 16.5. The van der Waals surface area contributed by atoms with Crippen molar-refractivity contribution in [3.63, 3.8) is 0 Å². The van der Waals surface area contributed by atoms with Gasteiger partial charge in [0.15, 0.2) is 0 Å². The maximum absolute atomic E-state index is 15.1. The Hall–Kier alpha value is -4.02. The van der Waals surface area contributed by atoms with Crippen LogP contribution < -0.4 is 9.80 Å². The van der Waals surface area contributed by atoms with Gasteiger partial charge in [0.05, 0.1) is 35.7 Å². The second kappa shape index (κ2) is 9.08. The zero-order valence-electron chi connectivity index (χ0n) is 18.7. The number of benzene rings is 1. The molecule has 0 bridgehead atoms. The number of pyridine rings is 1. The van der Waals surface area contributed by atoms with E-state index in [9.17, 15) is 9.59 Å². The molecule has 3 aromatic rings. The fourth-order valence-electron chi connectivity index (χ4n) is 4.26. The lowest BCUT2D eigenvalue weighted by Gasteiger charge is -2.36. The van der Waals surface area contributed by atoms with Crippen LogP contribution in [0.25, 0.3) is 0 Å². The summed E-state index contributed by atoms with van der Waals surface area (Å²) in [5, 5.41) is 7.91. The Morgan fingerprint density at radius 1 is 1.21 bits per heavy atom. The van der Waals surface area contributed by atoms with Gasteiger partial charge in [-0.25, -0.2) is 13.9 Å². The molecule has 1 atom stereocenters. The second-order valence-electron chi connectivity index (χ2n) is 8.35. The van der Waals surface area contributed by atoms with E-state index in [4.69, 9.17) is 4.74 Å². The van der Waals surface area contributed by atoms with Gasteiger partial charge in [-0.05, 0) is 37.3 Å². The van der Waals surface area contributed by atoms with E-state index < -0.39 is 18.0 Å². The number of carbonyl (C=O) groups excluding carboxylic acids is 2. The molecule has 34 heavy (non-hydrogen) atoms. The zero-order chi connectivity index (χ0) is 23.7. The van der Waals surface area contributed by atoms with E-state index >= 15 is 4.39 Å². The van der Waals surface area contributed by atoms with Gasteiger partial charge in [0.2, 0.25) is 0 Å². The lowest BCUT2D eigenvalue weighted by Crippen LogP contribution is -2.49. The second-order valence-corrected chi connectivity index (χ2v) is 8.35. The number of hydrogen-bond acceptors (Lipinski definition) is 7. The van der Waals surface area contributed by atoms with E-state index in [-0.39, 0.29) is 5.91 Å². The molecule has 0 spiro atoms. The molecular weight excluding hydrogens is 441 g/mol. The number of cyclic esters (lactones) is 1. The third kappa shape index (κ3) is 4.41. The maximum atomic E-state index is 15.1. The molecule has 0 aliphatic carbocycles. The summed E-state index contributed by atoms with van der Waals surface area (Å²) in [4.78, 5) is 34.1. The molecule has 2 aliphatic heterocycles. The smallest absolute Gasteiger partial charge is 0.414 e. The minimum Gasteiger partial charge on any atom is -0.442 e. The maximum Gasteiger partial charge on any atom is 0.414 e. The number of ether oxygens (including phenoxy) is 1. The van der Waals surface area contributed by atoms with Gasteiger partial charge in [0.25, 0.3) is 5.91 Å². The van der Waals surface area contributed by atoms with Crippen LogP contribution in [-0.2, 0) is 11.3 Å². The summed E-state index contributed by atoms with van der Waals surface area (Å²) < 4.78 is 22.1. The topological polar surface area (TPSA) is 96.7 Å². The highest BCUT2D eigenvalue weighted by Gasteiger charge is 2.33. The molecule has 10 nitrogen and oxygen atoms in total. The van der Waals surface area contributed by atoms with Crippen LogP contribution in [0.5, 0.6) is 0 Å². The number of piperazine rings is 1. The van der Waals surface area contributed by atoms with Gasteiger partial charge in [-0.2, -0.15) is 0 Å². The Morgan fingerprint density at radius 2 is 2.03 bits per heavy atom. The first-order valence-electron chi connectivity index (χ1n) is 11.1. The van der Waals surface area contributed by atoms with Crippen molar-refractivity contribution in [2.24, 2.45) is 0 Å². The normalized spacial score (nSPS) is 18.4. The highest BCUT2D eigenvalue weighted by molar-refractivity contribution is 5.94. The van der Waals surface area contributed by atoms with E-state index in [1.807, 2.05) is 11.8 Å². The molecule has 5 rings (SSSR count). The third-order valence-electron chi connectivity index (χ3n) is 5.98. The van der Waals surface area contributed by atoms with Crippen LogP contribution in [0.2, 0.25) is 0 Å². The molecule has 2 amide bonds. The molecule has 0 N–H and O–H groups in total. The molecule has 2 aliphatic rings. The summed E-state index contributed by atoms with van der Waals surface area (Å²) in [5.74, 6) is -0.501. The molecule has 0 saturated carbocycles. The van der Waals surface area contributed by atoms with Crippen LogP contribution in [0.1, 0.15) is 16.1 Å². The summed E-state index contributed by atoms with van der Waals surface area (Å²) in [6.07, 6.45) is 4.03. The SMILES string of the molecule is Cc1cn(C[C@H]2CN(c3ccc(N4CCN(C(=O)c5cccnc5)CC4)c(F)c3)C(=O)O2)nn1. The summed E-state index contributed by atoms with van der Waals surface area (Å²) >= 11 is 0. The molecule has 11 heteroatoms. The Balaban J connectivity index is 1.21. The third-order valence-corrected chi connectivity index (χ3v) is 5.98. The van der Waals surface area contributed by atoms with Crippen LogP contribution >= 0.6 is 0 Å². The number of carbonyl (C=O) groups is 2. The fraction of sp³-hybridized carbons (Fsp3) is 0.348. The fourth-order valence-corrected chi connectivity index (χ4v) is 4.26. The molecule has 0 radical (unpaired) electrons. The van der Waals surface area contributed by atoms with E-state index in [0.717, 1.165) is 5.69 Å². The lowest BCUT2D eigenvalue weighted by molar-refractivity contribution is 0.0746. The predicted octanol–water partition coefficient (Wildman–Crippen LogP) is 2.11. The van der Waals surface area contributed by atoms with E-state index in [1.54, 1.807) is 52.4 Å². The molecule has 1 aromatic carbocycles. The van der Waals surface area contributed by atoms with Gasteiger partial charge in [-0.15, -0.1) is 5.10 Å². The average molecular weight is 465 g/mol. The Kier molecular flexibility index (Phi) is 5.83. The zero-order valence-corrected chi connectivity index (χ0v) is 18.7. The lowest BCUT2D eigenvalue weighted by atomic mass is 10.2. The van der Waals surface area contributed by atoms with Gasteiger partial charge in [0.1, 0.15) is 11.9 Å². The quantitative estimate of drug-likeness (QED) is 0.569. The average Bonchev–Trinajstić information content (AvgIpc) is 3.43. The summed E-state index contributed by atoms with van der Waals surface area (Å²) in [6, 6.07) is 8.21.